The minimum Gasteiger partial charge on any atom is -0.309 e. The second-order valence-corrected chi connectivity index (χ2v) is 15.3. The SMILES string of the molecule is Cc1ccc(N(c2ccc(C)c3ccccc23)c2ccc(-c3c4ccccc4c(-c4cccc5ccccc45)c4ccccc34)c3ccccc23)c2ccccc12. The molecule has 0 aliphatic carbocycles. The van der Waals surface area contributed by atoms with E-state index in [2.05, 4.69) is 219 Å². The molecule has 11 rings (SSSR count). The van der Waals surface area contributed by atoms with Crippen LogP contribution in [-0.2, 0) is 0 Å². The van der Waals surface area contributed by atoms with Crippen molar-refractivity contribution in [3.8, 4) is 22.3 Å². The molecule has 0 amide bonds. The van der Waals surface area contributed by atoms with Crippen LogP contribution < -0.4 is 4.90 Å². The van der Waals surface area contributed by atoms with Crippen molar-refractivity contribution in [2.45, 2.75) is 13.8 Å². The topological polar surface area (TPSA) is 3.24 Å². The van der Waals surface area contributed by atoms with E-state index < -0.39 is 0 Å². The molecule has 1 heteroatoms. The van der Waals surface area contributed by atoms with Crippen LogP contribution in [0.4, 0.5) is 17.1 Å². The van der Waals surface area contributed by atoms with E-state index in [0.29, 0.717) is 0 Å². The van der Waals surface area contributed by atoms with Crippen molar-refractivity contribution in [3.05, 3.63) is 211 Å². The smallest absolute Gasteiger partial charge is 0.0540 e. The predicted octanol–water partition coefficient (Wildman–Crippen LogP) is 16.0. The summed E-state index contributed by atoms with van der Waals surface area (Å²) in [4.78, 5) is 2.51. The van der Waals surface area contributed by atoms with Crippen molar-refractivity contribution in [1.29, 1.82) is 0 Å². The molecule has 0 radical (unpaired) electrons. The zero-order valence-corrected chi connectivity index (χ0v) is 32.0. The molecule has 0 atom stereocenters. The van der Waals surface area contributed by atoms with Crippen molar-refractivity contribution in [3.63, 3.8) is 0 Å². The summed E-state index contributed by atoms with van der Waals surface area (Å²) in [6.07, 6.45) is 0. The Bertz CT molecular complexity index is 3240. The standard InChI is InChI=1S/C56H39N/c1-36-30-33-52(43-22-8-5-18-39(36)43)57(53-34-31-37(2)40-19-6-9-23-44(40)53)54-35-32-51(42-21-7-10-24-45(42)54)56-49-27-13-11-25-47(49)55(48-26-12-14-28-50(48)56)46-29-15-17-38-16-3-4-20-41(38)46/h3-35H,1-2H3. The van der Waals surface area contributed by atoms with E-state index >= 15 is 0 Å². The number of hydrogen-bond acceptors (Lipinski definition) is 1. The molecule has 0 N–H and O–H groups in total. The molecule has 0 fully saturated rings. The summed E-state index contributed by atoms with van der Waals surface area (Å²) in [5, 5.41) is 15.0. The van der Waals surface area contributed by atoms with Crippen molar-refractivity contribution < 1.29 is 0 Å². The fraction of sp³-hybridized carbons (Fsp3) is 0.0357. The lowest BCUT2D eigenvalue weighted by Crippen LogP contribution is -2.12. The van der Waals surface area contributed by atoms with Gasteiger partial charge in [-0.25, -0.2) is 0 Å². The third-order valence-corrected chi connectivity index (χ3v) is 12.1. The fourth-order valence-electron chi connectivity index (χ4n) is 9.50. The minimum atomic E-state index is 1.15. The Morgan fingerprint density at radius 1 is 0.246 bits per heavy atom. The normalized spacial score (nSPS) is 11.7. The Morgan fingerprint density at radius 2 is 0.579 bits per heavy atom. The summed E-state index contributed by atoms with van der Waals surface area (Å²) in [5.74, 6) is 0. The Hall–Kier alpha value is -7.22. The summed E-state index contributed by atoms with van der Waals surface area (Å²) < 4.78 is 0. The lowest BCUT2D eigenvalue weighted by Gasteiger charge is -2.30. The summed E-state index contributed by atoms with van der Waals surface area (Å²) in [7, 11) is 0. The number of fused-ring (bicyclic) bond motifs is 6. The first kappa shape index (κ1) is 33.1. The van der Waals surface area contributed by atoms with Crippen molar-refractivity contribution in [2.75, 3.05) is 4.90 Å². The molecule has 57 heavy (non-hydrogen) atoms. The monoisotopic (exact) mass is 725 g/mol. The maximum atomic E-state index is 2.51. The highest BCUT2D eigenvalue weighted by Crippen LogP contribution is 2.50. The third-order valence-electron chi connectivity index (χ3n) is 12.1. The zero-order valence-electron chi connectivity index (χ0n) is 32.0. The van der Waals surface area contributed by atoms with E-state index in [4.69, 9.17) is 0 Å². The van der Waals surface area contributed by atoms with E-state index in [9.17, 15) is 0 Å². The second kappa shape index (κ2) is 13.2. The van der Waals surface area contributed by atoms with Crippen molar-refractivity contribution in [1.82, 2.24) is 0 Å². The van der Waals surface area contributed by atoms with Gasteiger partial charge in [0.2, 0.25) is 0 Å². The maximum absolute atomic E-state index is 2.51. The van der Waals surface area contributed by atoms with Gasteiger partial charge in [0.1, 0.15) is 0 Å². The number of rotatable bonds is 5. The van der Waals surface area contributed by atoms with E-state index in [1.54, 1.807) is 0 Å². The number of benzene rings is 11. The Labute approximate surface area is 332 Å². The number of hydrogen-bond donors (Lipinski definition) is 0. The van der Waals surface area contributed by atoms with Crippen LogP contribution in [0.2, 0.25) is 0 Å². The van der Waals surface area contributed by atoms with Crippen LogP contribution in [0, 0.1) is 13.8 Å². The van der Waals surface area contributed by atoms with Gasteiger partial charge in [-0.1, -0.05) is 182 Å². The molecule has 0 heterocycles. The van der Waals surface area contributed by atoms with Gasteiger partial charge in [-0.2, -0.15) is 0 Å². The largest absolute Gasteiger partial charge is 0.309 e. The van der Waals surface area contributed by atoms with Crippen molar-refractivity contribution in [2.24, 2.45) is 0 Å². The molecule has 0 aliphatic rings. The molecule has 11 aromatic carbocycles. The Balaban J connectivity index is 1.23. The predicted molar refractivity (Wildman–Crippen MR) is 247 cm³/mol. The van der Waals surface area contributed by atoms with Gasteiger partial charge in [-0.05, 0) is 114 Å². The van der Waals surface area contributed by atoms with Crippen LogP contribution in [0.15, 0.2) is 200 Å². The molecule has 0 saturated carbocycles. The molecule has 0 aromatic heterocycles. The summed E-state index contributed by atoms with van der Waals surface area (Å²) in [5.41, 5.74) is 11.1. The molecular formula is C56H39N. The minimum absolute atomic E-state index is 1.15. The highest BCUT2D eigenvalue weighted by molar-refractivity contribution is 6.26. The van der Waals surface area contributed by atoms with E-state index in [0.717, 1.165) is 5.69 Å². The van der Waals surface area contributed by atoms with Gasteiger partial charge in [0.15, 0.2) is 0 Å². The van der Waals surface area contributed by atoms with Gasteiger partial charge in [0, 0.05) is 16.2 Å². The fourth-order valence-corrected chi connectivity index (χ4v) is 9.50. The van der Waals surface area contributed by atoms with Crippen LogP contribution >= 0.6 is 0 Å². The average Bonchev–Trinajstić information content (AvgIpc) is 3.27. The number of nitrogens with zero attached hydrogens (tertiary/aromatic N) is 1. The summed E-state index contributed by atoms with van der Waals surface area (Å²) in [6.45, 7) is 4.42. The first-order valence-electron chi connectivity index (χ1n) is 19.9. The van der Waals surface area contributed by atoms with Crippen LogP contribution in [0.3, 0.4) is 0 Å². The first-order chi connectivity index (χ1) is 28.2. The highest BCUT2D eigenvalue weighted by Gasteiger charge is 2.24. The quantitative estimate of drug-likeness (QED) is 0.160. The molecule has 0 saturated heterocycles. The molecule has 0 unspecified atom stereocenters. The molecule has 0 aliphatic heterocycles. The third kappa shape index (κ3) is 5.16. The molecule has 1 nitrogen and oxygen atoms in total. The lowest BCUT2D eigenvalue weighted by molar-refractivity contribution is 1.32. The average molecular weight is 726 g/mol. The van der Waals surface area contributed by atoms with Gasteiger partial charge in [-0.3, -0.25) is 0 Å². The Morgan fingerprint density at radius 3 is 1.07 bits per heavy atom. The summed E-state index contributed by atoms with van der Waals surface area (Å²) in [6, 6.07) is 74.0. The number of anilines is 3. The van der Waals surface area contributed by atoms with E-state index in [-0.39, 0.29) is 0 Å². The maximum Gasteiger partial charge on any atom is 0.0540 e. The second-order valence-electron chi connectivity index (χ2n) is 15.3. The van der Waals surface area contributed by atoms with Crippen LogP contribution in [-0.4, -0.2) is 0 Å². The molecule has 268 valence electrons. The Kier molecular flexibility index (Phi) is 7.69. The lowest BCUT2D eigenvalue weighted by atomic mass is 9.83. The van der Waals surface area contributed by atoms with E-state index in [1.165, 1.54) is 109 Å². The number of aryl methyl sites for hydroxylation is 2. The van der Waals surface area contributed by atoms with Gasteiger partial charge in [-0.15, -0.1) is 0 Å². The van der Waals surface area contributed by atoms with Gasteiger partial charge in [0.25, 0.3) is 0 Å². The van der Waals surface area contributed by atoms with E-state index in [1.807, 2.05) is 0 Å². The summed E-state index contributed by atoms with van der Waals surface area (Å²) >= 11 is 0. The van der Waals surface area contributed by atoms with Crippen LogP contribution in [0.5, 0.6) is 0 Å². The van der Waals surface area contributed by atoms with Crippen LogP contribution in [0.1, 0.15) is 11.1 Å². The molecular weight excluding hydrogens is 687 g/mol. The molecule has 0 bridgehead atoms. The van der Waals surface area contributed by atoms with Gasteiger partial charge >= 0.3 is 0 Å². The van der Waals surface area contributed by atoms with Crippen molar-refractivity contribution >= 4 is 81.7 Å². The first-order valence-corrected chi connectivity index (χ1v) is 19.9. The molecule has 11 aromatic rings. The zero-order chi connectivity index (χ0) is 38.0. The van der Waals surface area contributed by atoms with Gasteiger partial charge in [0.05, 0.1) is 17.1 Å². The molecule has 0 spiro atoms. The van der Waals surface area contributed by atoms with Gasteiger partial charge < -0.3 is 4.90 Å². The van der Waals surface area contributed by atoms with Crippen LogP contribution in [0.25, 0.3) is 86.9 Å². The highest BCUT2D eigenvalue weighted by atomic mass is 15.1.